The third-order valence-electron chi connectivity index (χ3n) is 7.21. The Morgan fingerprint density at radius 1 is 1.13 bits per heavy atom. The summed E-state index contributed by atoms with van der Waals surface area (Å²) in [5.41, 5.74) is 3.61. The average molecular weight is 405 g/mol. The van der Waals surface area contributed by atoms with E-state index in [1.54, 1.807) is 0 Å². The topological polar surface area (TPSA) is 48.8 Å². The Bertz CT molecular complexity index is 957. The van der Waals surface area contributed by atoms with Crippen molar-refractivity contribution >= 4 is 23.0 Å². The van der Waals surface area contributed by atoms with E-state index in [0.29, 0.717) is 30.1 Å². The minimum Gasteiger partial charge on any atom is -0.342 e. The number of aliphatic imine (C=N–C) groups is 1. The standard InChI is InChI=1S/C25H32N4O/c1-17-12-19(16-29(15-17)24(30)13-18-7-10-28(2)11-8-18)20-5-6-22(23-14-27-23)25-21(20)4-3-9-26-25/h3-6,9,14,17-19,23H,7-8,10-13,15-16H2,1-2H3/t17-,19-,23?/m0/s1. The van der Waals surface area contributed by atoms with Crippen LogP contribution in [0.4, 0.5) is 0 Å². The number of carbonyl (C=O) groups excluding carboxylic acids is 1. The van der Waals surface area contributed by atoms with Crippen molar-refractivity contribution in [2.75, 3.05) is 33.2 Å². The lowest BCUT2D eigenvalue weighted by molar-refractivity contribution is -0.134. The zero-order valence-corrected chi connectivity index (χ0v) is 18.1. The highest BCUT2D eigenvalue weighted by atomic mass is 16.2. The molecule has 5 rings (SSSR count). The molecule has 30 heavy (non-hydrogen) atoms. The lowest BCUT2D eigenvalue weighted by Crippen LogP contribution is -2.43. The quantitative estimate of drug-likeness (QED) is 0.773. The molecule has 0 bridgehead atoms. The molecule has 3 atom stereocenters. The summed E-state index contributed by atoms with van der Waals surface area (Å²) in [6.07, 6.45) is 8.00. The first-order valence-electron chi connectivity index (χ1n) is 11.5. The van der Waals surface area contributed by atoms with Crippen molar-refractivity contribution in [3.05, 3.63) is 41.6 Å². The molecule has 2 fully saturated rings. The number of pyridine rings is 1. The van der Waals surface area contributed by atoms with Crippen molar-refractivity contribution in [3.63, 3.8) is 0 Å². The molecule has 1 aromatic carbocycles. The van der Waals surface area contributed by atoms with Crippen molar-refractivity contribution in [1.29, 1.82) is 0 Å². The van der Waals surface area contributed by atoms with Crippen LogP contribution < -0.4 is 0 Å². The van der Waals surface area contributed by atoms with Crippen LogP contribution in [0.25, 0.3) is 10.9 Å². The van der Waals surface area contributed by atoms with E-state index < -0.39 is 0 Å². The molecule has 4 heterocycles. The molecule has 1 unspecified atom stereocenters. The number of rotatable bonds is 4. The largest absolute Gasteiger partial charge is 0.342 e. The number of fused-ring (bicyclic) bond motifs is 1. The predicted molar refractivity (Wildman–Crippen MR) is 121 cm³/mol. The summed E-state index contributed by atoms with van der Waals surface area (Å²) in [6.45, 7) is 6.25. The Labute approximate surface area is 179 Å². The highest BCUT2D eigenvalue weighted by Crippen LogP contribution is 2.38. The van der Waals surface area contributed by atoms with Gasteiger partial charge < -0.3 is 9.80 Å². The fraction of sp³-hybridized carbons (Fsp3) is 0.560. The molecule has 0 radical (unpaired) electrons. The second kappa shape index (κ2) is 8.10. The second-order valence-corrected chi connectivity index (χ2v) is 9.67. The van der Waals surface area contributed by atoms with E-state index in [0.717, 1.165) is 51.0 Å². The summed E-state index contributed by atoms with van der Waals surface area (Å²) >= 11 is 0. The van der Waals surface area contributed by atoms with Crippen molar-refractivity contribution in [3.8, 4) is 0 Å². The maximum atomic E-state index is 13.2. The molecule has 158 valence electrons. The monoisotopic (exact) mass is 404 g/mol. The van der Waals surface area contributed by atoms with Crippen molar-refractivity contribution in [2.45, 2.75) is 44.6 Å². The van der Waals surface area contributed by atoms with Crippen LogP contribution in [-0.4, -0.2) is 60.1 Å². The first-order valence-corrected chi connectivity index (χ1v) is 11.5. The molecule has 0 spiro atoms. The Kier molecular flexibility index (Phi) is 5.32. The number of nitrogens with zero attached hydrogens (tertiary/aromatic N) is 4. The SMILES string of the molecule is C[C@H]1C[C@H](c2ccc(C3C=N3)c3ncccc23)CN(C(=O)CC2CCN(C)CC2)C1. The van der Waals surface area contributed by atoms with Gasteiger partial charge in [-0.2, -0.15) is 0 Å². The van der Waals surface area contributed by atoms with E-state index in [-0.39, 0.29) is 6.04 Å². The highest BCUT2D eigenvalue weighted by Gasteiger charge is 2.32. The van der Waals surface area contributed by atoms with Gasteiger partial charge in [0.15, 0.2) is 0 Å². The van der Waals surface area contributed by atoms with Gasteiger partial charge >= 0.3 is 0 Å². The number of piperidine rings is 2. The van der Waals surface area contributed by atoms with E-state index in [2.05, 4.69) is 47.0 Å². The van der Waals surface area contributed by atoms with E-state index in [1.807, 2.05) is 18.5 Å². The Morgan fingerprint density at radius 3 is 2.67 bits per heavy atom. The van der Waals surface area contributed by atoms with Gasteiger partial charge in [-0.25, -0.2) is 0 Å². The van der Waals surface area contributed by atoms with Crippen molar-refractivity contribution in [1.82, 2.24) is 14.8 Å². The van der Waals surface area contributed by atoms with Crippen molar-refractivity contribution < 1.29 is 4.79 Å². The molecule has 5 nitrogen and oxygen atoms in total. The third kappa shape index (κ3) is 4.00. The number of carbonyl (C=O) groups is 1. The summed E-state index contributed by atoms with van der Waals surface area (Å²) in [5, 5.41) is 1.23. The van der Waals surface area contributed by atoms with Gasteiger partial charge in [-0.1, -0.05) is 25.1 Å². The first-order chi connectivity index (χ1) is 14.6. The summed E-state index contributed by atoms with van der Waals surface area (Å²) in [5.74, 6) is 1.79. The Morgan fingerprint density at radius 2 is 1.90 bits per heavy atom. The molecule has 2 saturated heterocycles. The lowest BCUT2D eigenvalue weighted by Gasteiger charge is -2.38. The smallest absolute Gasteiger partial charge is 0.222 e. The number of benzene rings is 1. The maximum absolute atomic E-state index is 13.2. The van der Waals surface area contributed by atoms with E-state index >= 15 is 0 Å². The summed E-state index contributed by atoms with van der Waals surface area (Å²) in [6, 6.07) is 8.89. The van der Waals surface area contributed by atoms with Gasteiger partial charge in [-0.15, -0.1) is 0 Å². The molecule has 1 aromatic heterocycles. The molecular formula is C25H32N4O. The minimum absolute atomic E-state index is 0.203. The van der Waals surface area contributed by atoms with Crippen LogP contribution in [0.1, 0.15) is 55.7 Å². The predicted octanol–water partition coefficient (Wildman–Crippen LogP) is 4.04. The van der Waals surface area contributed by atoms with Gasteiger partial charge in [0.1, 0.15) is 6.04 Å². The molecule has 0 saturated carbocycles. The Balaban J connectivity index is 1.35. The van der Waals surface area contributed by atoms with Gasteiger partial charge in [0.2, 0.25) is 5.91 Å². The number of aromatic nitrogens is 1. The second-order valence-electron chi connectivity index (χ2n) is 9.67. The van der Waals surface area contributed by atoms with Crippen LogP contribution in [0.5, 0.6) is 0 Å². The van der Waals surface area contributed by atoms with Crippen LogP contribution in [0.15, 0.2) is 35.5 Å². The molecule has 5 heteroatoms. The van der Waals surface area contributed by atoms with Crippen LogP contribution in [0.3, 0.4) is 0 Å². The zero-order valence-electron chi connectivity index (χ0n) is 18.1. The summed E-state index contributed by atoms with van der Waals surface area (Å²) in [7, 11) is 2.18. The summed E-state index contributed by atoms with van der Waals surface area (Å²) in [4.78, 5) is 26.7. The van der Waals surface area contributed by atoms with Crippen LogP contribution in [-0.2, 0) is 4.79 Å². The van der Waals surface area contributed by atoms with Crippen LogP contribution >= 0.6 is 0 Å². The molecule has 0 aliphatic carbocycles. The average Bonchev–Trinajstić information content (AvgIpc) is 3.59. The first kappa shape index (κ1) is 19.7. The molecule has 1 amide bonds. The number of likely N-dealkylation sites (tertiary alicyclic amines) is 2. The number of hydrogen-bond acceptors (Lipinski definition) is 4. The van der Waals surface area contributed by atoms with Gasteiger partial charge in [-0.05, 0) is 62.9 Å². The van der Waals surface area contributed by atoms with E-state index in [9.17, 15) is 4.79 Å². The van der Waals surface area contributed by atoms with Crippen LogP contribution in [0, 0.1) is 11.8 Å². The van der Waals surface area contributed by atoms with Crippen molar-refractivity contribution in [2.24, 2.45) is 16.8 Å². The normalized spacial score (nSPS) is 27.5. The van der Waals surface area contributed by atoms with Gasteiger partial charge in [0.25, 0.3) is 0 Å². The maximum Gasteiger partial charge on any atom is 0.222 e. The minimum atomic E-state index is 0.203. The van der Waals surface area contributed by atoms with Gasteiger partial charge in [-0.3, -0.25) is 14.8 Å². The highest BCUT2D eigenvalue weighted by molar-refractivity contribution is 5.92. The fourth-order valence-electron chi connectivity index (χ4n) is 5.44. The number of hydrogen-bond donors (Lipinski definition) is 0. The molecular weight excluding hydrogens is 372 g/mol. The lowest BCUT2D eigenvalue weighted by atomic mass is 9.82. The summed E-state index contributed by atoms with van der Waals surface area (Å²) < 4.78 is 0. The molecule has 3 aliphatic rings. The fourth-order valence-corrected chi connectivity index (χ4v) is 5.44. The van der Waals surface area contributed by atoms with Gasteiger partial charge in [0, 0.05) is 48.8 Å². The number of amides is 1. The molecule has 3 aliphatic heterocycles. The molecule has 0 N–H and O–H groups in total. The van der Waals surface area contributed by atoms with Crippen LogP contribution in [0.2, 0.25) is 0 Å². The van der Waals surface area contributed by atoms with E-state index in [4.69, 9.17) is 4.98 Å². The molecule has 2 aromatic rings. The Hall–Kier alpha value is -2.27. The zero-order chi connectivity index (χ0) is 20.7. The van der Waals surface area contributed by atoms with E-state index in [1.165, 1.54) is 16.5 Å². The third-order valence-corrected chi connectivity index (χ3v) is 7.21. The van der Waals surface area contributed by atoms with Gasteiger partial charge in [0.05, 0.1) is 5.52 Å².